The maximum absolute atomic E-state index is 11.0. The maximum atomic E-state index is 11.0. The Morgan fingerprint density at radius 2 is 2.07 bits per heavy atom. The Labute approximate surface area is 84.8 Å². The van der Waals surface area contributed by atoms with E-state index in [9.17, 15) is 10.0 Å². The second kappa shape index (κ2) is 3.13. The van der Waals surface area contributed by atoms with Crippen LogP contribution in [-0.2, 0) is 0 Å². The molecular formula is C10H9N3O2. The molecule has 0 aliphatic heterocycles. The van der Waals surface area contributed by atoms with Crippen molar-refractivity contribution in [3.8, 4) is 0 Å². The van der Waals surface area contributed by atoms with Crippen molar-refractivity contribution < 1.29 is 10.0 Å². The summed E-state index contributed by atoms with van der Waals surface area (Å²) in [7, 11) is 0. The number of hydrogen-bond acceptors (Lipinski definition) is 3. The number of fused-ring (bicyclic) bond motifs is 1. The molecule has 0 saturated heterocycles. The Balaban J connectivity index is 2.95. The summed E-state index contributed by atoms with van der Waals surface area (Å²) in [5.74, 6) is -0.728. The third-order valence-corrected chi connectivity index (χ3v) is 2.20. The van der Waals surface area contributed by atoms with Crippen molar-refractivity contribution in [3.05, 3.63) is 41.4 Å². The Bertz CT molecular complexity index is 601. The molecule has 0 saturated carbocycles. The first kappa shape index (κ1) is 9.26. The van der Waals surface area contributed by atoms with Gasteiger partial charge in [-0.25, -0.2) is 0 Å². The molecule has 1 aromatic carbocycles. The van der Waals surface area contributed by atoms with Crippen LogP contribution < -0.4 is 11.2 Å². The number of pyridine rings is 1. The van der Waals surface area contributed by atoms with Crippen LogP contribution in [0.4, 0.5) is 0 Å². The van der Waals surface area contributed by atoms with Crippen molar-refractivity contribution >= 4 is 16.8 Å². The summed E-state index contributed by atoms with van der Waals surface area (Å²) in [6.45, 7) is 0. The Morgan fingerprint density at radius 1 is 1.40 bits per heavy atom. The van der Waals surface area contributed by atoms with Gasteiger partial charge in [0.15, 0.2) is 5.49 Å². The Hall–Kier alpha value is -2.30. The number of nitrogens with two attached hydrogens (primary N) is 1. The third kappa shape index (κ3) is 1.34. The number of benzene rings is 1. The molecule has 2 aromatic rings. The normalized spacial score (nSPS) is 10.4. The van der Waals surface area contributed by atoms with E-state index in [1.807, 2.05) is 0 Å². The van der Waals surface area contributed by atoms with Gasteiger partial charge < -0.3 is 10.9 Å². The summed E-state index contributed by atoms with van der Waals surface area (Å²) in [6, 6.07) is 8.38. The number of hydrogen-bond donors (Lipinski definition) is 3. The minimum absolute atomic E-state index is 0.00352. The van der Waals surface area contributed by atoms with Crippen molar-refractivity contribution in [1.82, 2.24) is 4.73 Å². The third-order valence-electron chi connectivity index (χ3n) is 2.20. The molecule has 15 heavy (non-hydrogen) atoms. The van der Waals surface area contributed by atoms with E-state index in [-0.39, 0.29) is 11.1 Å². The topological polar surface area (TPSA) is 92.1 Å². The van der Waals surface area contributed by atoms with E-state index in [0.29, 0.717) is 15.6 Å². The number of amides is 1. The lowest BCUT2D eigenvalue weighted by atomic mass is 10.1. The van der Waals surface area contributed by atoms with Gasteiger partial charge in [0.25, 0.3) is 5.91 Å². The van der Waals surface area contributed by atoms with Crippen LogP contribution in [0, 0.1) is 5.41 Å². The average molecular weight is 203 g/mol. The van der Waals surface area contributed by atoms with E-state index in [2.05, 4.69) is 0 Å². The number of nitrogens with one attached hydrogen (secondary N) is 1. The molecule has 0 unspecified atom stereocenters. The van der Waals surface area contributed by atoms with Gasteiger partial charge in [0.2, 0.25) is 0 Å². The fourth-order valence-electron chi connectivity index (χ4n) is 1.45. The van der Waals surface area contributed by atoms with Gasteiger partial charge in [-0.15, -0.1) is 0 Å². The molecule has 0 bridgehead atoms. The smallest absolute Gasteiger partial charge is 0.252 e. The zero-order chi connectivity index (χ0) is 11.0. The Kier molecular flexibility index (Phi) is 1.93. The average Bonchev–Trinajstić information content (AvgIpc) is 2.23. The zero-order valence-electron chi connectivity index (χ0n) is 7.77. The summed E-state index contributed by atoms with van der Waals surface area (Å²) in [5, 5.41) is 17.8. The van der Waals surface area contributed by atoms with Crippen molar-refractivity contribution in [2.75, 3.05) is 0 Å². The van der Waals surface area contributed by atoms with Crippen LogP contribution in [0.25, 0.3) is 10.9 Å². The van der Waals surface area contributed by atoms with Crippen molar-refractivity contribution in [1.29, 1.82) is 5.41 Å². The van der Waals surface area contributed by atoms with Crippen LogP contribution in [0.2, 0.25) is 0 Å². The number of aromatic nitrogens is 1. The highest BCUT2D eigenvalue weighted by Gasteiger charge is 2.09. The lowest BCUT2D eigenvalue weighted by Gasteiger charge is -2.06. The summed E-state index contributed by atoms with van der Waals surface area (Å²) in [6.07, 6.45) is 0. The number of rotatable bonds is 1. The molecule has 5 nitrogen and oxygen atoms in total. The largest absolute Gasteiger partial charge is 0.426 e. The van der Waals surface area contributed by atoms with Crippen molar-refractivity contribution in [2.45, 2.75) is 0 Å². The van der Waals surface area contributed by atoms with Gasteiger partial charge in [-0.2, -0.15) is 4.73 Å². The molecule has 0 aliphatic carbocycles. The molecule has 2 rings (SSSR count). The molecule has 5 heteroatoms. The minimum Gasteiger partial charge on any atom is -0.426 e. The van der Waals surface area contributed by atoms with Crippen molar-refractivity contribution in [2.24, 2.45) is 5.73 Å². The molecule has 0 atom stereocenters. The predicted octanol–water partition coefficient (Wildman–Crippen LogP) is 0.457. The van der Waals surface area contributed by atoms with Gasteiger partial charge in [0, 0.05) is 5.39 Å². The first-order valence-corrected chi connectivity index (χ1v) is 4.29. The van der Waals surface area contributed by atoms with E-state index in [4.69, 9.17) is 11.1 Å². The van der Waals surface area contributed by atoms with Crippen LogP contribution in [0.1, 0.15) is 10.4 Å². The quantitative estimate of drug-likeness (QED) is 0.587. The number of primary amides is 1. The summed E-state index contributed by atoms with van der Waals surface area (Å²) >= 11 is 0. The SMILES string of the molecule is N=c1c(C(N)=O)cc2ccccc2n1O. The van der Waals surface area contributed by atoms with Gasteiger partial charge >= 0.3 is 0 Å². The monoisotopic (exact) mass is 203 g/mol. The van der Waals surface area contributed by atoms with Crippen LogP contribution in [0.15, 0.2) is 30.3 Å². The lowest BCUT2D eigenvalue weighted by Crippen LogP contribution is -2.28. The molecular weight excluding hydrogens is 194 g/mol. The van der Waals surface area contributed by atoms with Gasteiger partial charge in [-0.3, -0.25) is 10.2 Å². The molecule has 0 radical (unpaired) electrons. The molecule has 76 valence electrons. The highest BCUT2D eigenvalue weighted by molar-refractivity contribution is 5.95. The molecule has 0 aliphatic rings. The Morgan fingerprint density at radius 3 is 2.73 bits per heavy atom. The zero-order valence-corrected chi connectivity index (χ0v) is 7.77. The van der Waals surface area contributed by atoms with Crippen LogP contribution in [-0.4, -0.2) is 15.8 Å². The fraction of sp³-hybridized carbons (Fsp3) is 0. The molecule has 0 spiro atoms. The number of carbonyl (C=O) groups excluding carboxylic acids is 1. The second-order valence-corrected chi connectivity index (χ2v) is 3.14. The van der Waals surface area contributed by atoms with Gasteiger partial charge in [0.05, 0.1) is 11.1 Å². The van der Waals surface area contributed by atoms with Gasteiger partial charge in [-0.05, 0) is 12.1 Å². The lowest BCUT2D eigenvalue weighted by molar-refractivity contribution is 0.0992. The highest BCUT2D eigenvalue weighted by atomic mass is 16.5. The van der Waals surface area contributed by atoms with E-state index in [1.54, 1.807) is 24.3 Å². The minimum atomic E-state index is -0.728. The second-order valence-electron chi connectivity index (χ2n) is 3.14. The fourth-order valence-corrected chi connectivity index (χ4v) is 1.45. The molecule has 4 N–H and O–H groups in total. The number of para-hydroxylation sites is 1. The highest BCUT2D eigenvalue weighted by Crippen LogP contribution is 2.11. The number of nitrogens with zero attached hydrogens (tertiary/aromatic N) is 1. The van der Waals surface area contributed by atoms with Crippen LogP contribution in [0.3, 0.4) is 0 Å². The molecule has 0 fully saturated rings. The van der Waals surface area contributed by atoms with E-state index in [1.165, 1.54) is 6.07 Å². The molecule has 1 aromatic heterocycles. The molecule has 1 amide bonds. The predicted molar refractivity (Wildman–Crippen MR) is 53.5 cm³/mol. The van der Waals surface area contributed by atoms with E-state index >= 15 is 0 Å². The summed E-state index contributed by atoms with van der Waals surface area (Å²) < 4.78 is 0.648. The first-order valence-electron chi connectivity index (χ1n) is 4.29. The standard InChI is InChI=1S/C10H9N3O2/c11-9-7(10(12)14)5-6-3-1-2-4-8(6)13(9)15/h1-5,11,15H,(H2,12,14). The number of carbonyl (C=O) groups is 1. The van der Waals surface area contributed by atoms with Gasteiger partial charge in [-0.1, -0.05) is 18.2 Å². The summed E-state index contributed by atoms with van der Waals surface area (Å²) in [4.78, 5) is 11.0. The first-order chi connectivity index (χ1) is 7.11. The maximum Gasteiger partial charge on any atom is 0.252 e. The summed E-state index contributed by atoms with van der Waals surface area (Å²) in [5.41, 5.74) is 5.25. The van der Waals surface area contributed by atoms with Crippen LogP contribution in [0.5, 0.6) is 0 Å². The van der Waals surface area contributed by atoms with E-state index in [0.717, 1.165) is 0 Å². The van der Waals surface area contributed by atoms with Crippen molar-refractivity contribution in [3.63, 3.8) is 0 Å². The molecule has 1 heterocycles. The van der Waals surface area contributed by atoms with E-state index < -0.39 is 5.91 Å². The van der Waals surface area contributed by atoms with Crippen LogP contribution >= 0.6 is 0 Å². The van der Waals surface area contributed by atoms with Gasteiger partial charge in [0.1, 0.15) is 0 Å².